The lowest BCUT2D eigenvalue weighted by Crippen LogP contribution is -2.30. The number of nitro groups is 1. The number of amides is 1. The van der Waals surface area contributed by atoms with Gasteiger partial charge in [0.25, 0.3) is 11.6 Å². The molecule has 8 nitrogen and oxygen atoms in total. The Morgan fingerprint density at radius 3 is 2.49 bits per heavy atom. The number of fused-ring (bicyclic) bond motifs is 1. The molecule has 0 saturated heterocycles. The molecule has 0 aliphatic carbocycles. The van der Waals surface area contributed by atoms with Gasteiger partial charge in [-0.15, -0.1) is 11.8 Å². The van der Waals surface area contributed by atoms with Crippen LogP contribution >= 0.6 is 11.8 Å². The second-order valence-corrected chi connectivity index (χ2v) is 9.66. The lowest BCUT2D eigenvalue weighted by atomic mass is 9.94. The van der Waals surface area contributed by atoms with E-state index in [-0.39, 0.29) is 34.7 Å². The number of benzene rings is 3. The molecule has 1 aliphatic heterocycles. The smallest absolute Gasteiger partial charge is 0.416 e. The Balaban J connectivity index is 1.50. The zero-order valence-corrected chi connectivity index (χ0v) is 20.7. The van der Waals surface area contributed by atoms with Crippen LogP contribution in [0.15, 0.2) is 98.1 Å². The number of halogens is 3. The monoisotopic (exact) mass is 553 g/mol. The molecule has 5 rings (SSSR count). The Hall–Kier alpha value is -4.45. The molecule has 1 amide bonds. The number of hydrazone groups is 1. The van der Waals surface area contributed by atoms with E-state index in [0.29, 0.717) is 15.9 Å². The number of rotatable bonds is 6. The van der Waals surface area contributed by atoms with E-state index in [9.17, 15) is 32.9 Å². The van der Waals surface area contributed by atoms with Crippen molar-refractivity contribution in [3.63, 3.8) is 0 Å². The average Bonchev–Trinajstić information content (AvgIpc) is 3.36. The largest absolute Gasteiger partial charge is 0.422 e. The zero-order valence-electron chi connectivity index (χ0n) is 19.9. The number of hydrogen-bond acceptors (Lipinski definition) is 7. The fourth-order valence-electron chi connectivity index (χ4n) is 4.33. The van der Waals surface area contributed by atoms with Crippen LogP contribution in [0, 0.1) is 10.1 Å². The van der Waals surface area contributed by atoms with Gasteiger partial charge in [0, 0.05) is 28.8 Å². The fourth-order valence-corrected chi connectivity index (χ4v) is 5.08. The van der Waals surface area contributed by atoms with Gasteiger partial charge in [-0.05, 0) is 35.9 Å². The quantitative estimate of drug-likeness (QED) is 0.122. The van der Waals surface area contributed by atoms with Crippen molar-refractivity contribution in [3.05, 3.63) is 116 Å². The number of carbonyl (C=O) groups is 1. The number of nitrogens with zero attached hydrogens (tertiary/aromatic N) is 3. The van der Waals surface area contributed by atoms with Crippen LogP contribution in [0.4, 0.5) is 18.9 Å². The summed E-state index contributed by atoms with van der Waals surface area (Å²) >= 11 is 1.06. The molecule has 0 N–H and O–H groups in total. The SMILES string of the molecule is O=C(CSc1ccc([N+](=O)[O-])cc1)N1N=C(c2cc3ccccc3oc2=O)C[C@@H]1c1ccccc1C(F)(F)F. The highest BCUT2D eigenvalue weighted by Gasteiger charge is 2.41. The Kier molecular flexibility index (Phi) is 6.96. The first-order chi connectivity index (χ1) is 18.6. The molecule has 39 heavy (non-hydrogen) atoms. The first-order valence-electron chi connectivity index (χ1n) is 11.6. The molecule has 198 valence electrons. The molecule has 3 aromatic carbocycles. The van der Waals surface area contributed by atoms with E-state index < -0.39 is 34.2 Å². The van der Waals surface area contributed by atoms with E-state index in [0.717, 1.165) is 22.8 Å². The number of alkyl halides is 3. The van der Waals surface area contributed by atoms with E-state index in [1.54, 1.807) is 30.3 Å². The summed E-state index contributed by atoms with van der Waals surface area (Å²) in [5.74, 6) is -0.800. The third-order valence-electron chi connectivity index (χ3n) is 6.15. The summed E-state index contributed by atoms with van der Waals surface area (Å²) < 4.78 is 47.0. The highest BCUT2D eigenvalue weighted by molar-refractivity contribution is 8.00. The van der Waals surface area contributed by atoms with Crippen LogP contribution in [0.5, 0.6) is 0 Å². The van der Waals surface area contributed by atoms with Gasteiger partial charge in [-0.3, -0.25) is 14.9 Å². The van der Waals surface area contributed by atoms with Gasteiger partial charge in [0.2, 0.25) is 0 Å². The molecular formula is C27H18F3N3O5S. The first kappa shape index (κ1) is 26.2. The van der Waals surface area contributed by atoms with Crippen molar-refractivity contribution in [2.45, 2.75) is 23.5 Å². The molecule has 2 heterocycles. The van der Waals surface area contributed by atoms with Gasteiger partial charge in [0.1, 0.15) is 5.58 Å². The Labute approximate surface area is 222 Å². The number of hydrogen-bond donors (Lipinski definition) is 0. The molecule has 1 aromatic heterocycles. The summed E-state index contributed by atoms with van der Waals surface area (Å²) in [6.07, 6.45) is -4.81. The summed E-state index contributed by atoms with van der Waals surface area (Å²) in [7, 11) is 0. The second kappa shape index (κ2) is 10.4. The van der Waals surface area contributed by atoms with E-state index >= 15 is 0 Å². The van der Waals surface area contributed by atoms with E-state index in [4.69, 9.17) is 4.42 Å². The molecule has 1 atom stereocenters. The number of thioether (sulfide) groups is 1. The van der Waals surface area contributed by atoms with Crippen LogP contribution in [0.2, 0.25) is 0 Å². The predicted molar refractivity (Wildman–Crippen MR) is 138 cm³/mol. The molecule has 0 unspecified atom stereocenters. The van der Waals surface area contributed by atoms with Gasteiger partial charge in [0.15, 0.2) is 0 Å². The minimum absolute atomic E-state index is 0.0570. The molecular weight excluding hydrogens is 535 g/mol. The van der Waals surface area contributed by atoms with Crippen molar-refractivity contribution in [1.82, 2.24) is 5.01 Å². The maximum Gasteiger partial charge on any atom is 0.416 e. The minimum atomic E-state index is -4.68. The van der Waals surface area contributed by atoms with Crippen molar-refractivity contribution in [3.8, 4) is 0 Å². The Bertz CT molecular complexity index is 1670. The van der Waals surface area contributed by atoms with Gasteiger partial charge in [0.05, 0.1) is 33.6 Å². The van der Waals surface area contributed by atoms with Crippen LogP contribution in [0.1, 0.15) is 29.2 Å². The van der Waals surface area contributed by atoms with E-state index in [1.807, 2.05) is 0 Å². The molecule has 4 aromatic rings. The summed E-state index contributed by atoms with van der Waals surface area (Å²) in [4.78, 5) is 37.0. The normalized spacial score (nSPS) is 15.4. The lowest BCUT2D eigenvalue weighted by molar-refractivity contribution is -0.384. The van der Waals surface area contributed by atoms with Crippen LogP contribution in [-0.4, -0.2) is 27.3 Å². The van der Waals surface area contributed by atoms with Crippen LogP contribution in [0.25, 0.3) is 11.0 Å². The van der Waals surface area contributed by atoms with Gasteiger partial charge in [-0.1, -0.05) is 36.4 Å². The van der Waals surface area contributed by atoms with Crippen LogP contribution < -0.4 is 5.63 Å². The Morgan fingerprint density at radius 1 is 1.08 bits per heavy atom. The number of nitro benzene ring substituents is 1. The van der Waals surface area contributed by atoms with Crippen molar-refractivity contribution >= 4 is 40.0 Å². The topological polar surface area (TPSA) is 106 Å². The van der Waals surface area contributed by atoms with Crippen molar-refractivity contribution in [2.24, 2.45) is 5.10 Å². The molecule has 12 heteroatoms. The number of carbonyl (C=O) groups excluding carboxylic acids is 1. The summed E-state index contributed by atoms with van der Waals surface area (Å²) in [5, 5.41) is 16.8. The summed E-state index contributed by atoms with van der Waals surface area (Å²) in [6.45, 7) is 0. The zero-order chi connectivity index (χ0) is 27.7. The molecule has 1 aliphatic rings. The van der Waals surface area contributed by atoms with Crippen molar-refractivity contribution < 1.29 is 27.3 Å². The first-order valence-corrected chi connectivity index (χ1v) is 12.6. The van der Waals surface area contributed by atoms with Gasteiger partial charge < -0.3 is 4.42 Å². The van der Waals surface area contributed by atoms with Crippen LogP contribution in [0.3, 0.4) is 0 Å². The minimum Gasteiger partial charge on any atom is -0.422 e. The van der Waals surface area contributed by atoms with E-state index in [1.165, 1.54) is 42.5 Å². The summed E-state index contributed by atoms with van der Waals surface area (Å²) in [5.41, 5.74) is -1.36. The van der Waals surface area contributed by atoms with Crippen molar-refractivity contribution in [2.75, 3.05) is 5.75 Å². The summed E-state index contributed by atoms with van der Waals surface area (Å²) in [6, 6.07) is 17.7. The van der Waals surface area contributed by atoms with Crippen molar-refractivity contribution in [1.29, 1.82) is 0 Å². The lowest BCUT2D eigenvalue weighted by Gasteiger charge is -2.24. The average molecular weight is 554 g/mol. The predicted octanol–water partition coefficient (Wildman–Crippen LogP) is 6.19. The maximum absolute atomic E-state index is 13.9. The number of para-hydroxylation sites is 1. The van der Waals surface area contributed by atoms with Gasteiger partial charge in [-0.2, -0.15) is 18.3 Å². The van der Waals surface area contributed by atoms with Gasteiger partial charge >= 0.3 is 11.8 Å². The molecule has 0 radical (unpaired) electrons. The maximum atomic E-state index is 13.9. The second-order valence-electron chi connectivity index (χ2n) is 8.61. The van der Waals surface area contributed by atoms with Crippen LogP contribution in [-0.2, 0) is 11.0 Å². The van der Waals surface area contributed by atoms with E-state index in [2.05, 4.69) is 5.10 Å². The highest BCUT2D eigenvalue weighted by atomic mass is 32.2. The molecule has 0 fully saturated rings. The third kappa shape index (κ3) is 5.41. The van der Waals surface area contributed by atoms with Gasteiger partial charge in [-0.25, -0.2) is 9.80 Å². The Morgan fingerprint density at radius 2 is 1.77 bits per heavy atom. The molecule has 0 bridgehead atoms. The third-order valence-corrected chi connectivity index (χ3v) is 7.15. The standard InChI is InChI=1S/C27H18F3N3O5S/c28-27(29,30)21-7-3-2-6-19(21)23-14-22(20-13-16-5-1-4-8-24(16)38-26(20)35)31-32(23)25(34)15-39-18-11-9-17(10-12-18)33(36)37/h1-13,23H,14-15H2/t23-/m1/s1. The molecule has 0 saturated carbocycles. The molecule has 0 spiro atoms. The number of non-ortho nitro benzene ring substituents is 1. The highest BCUT2D eigenvalue weighted by Crippen LogP contribution is 2.41. The fraction of sp³-hybridized carbons (Fsp3) is 0.148.